The summed E-state index contributed by atoms with van der Waals surface area (Å²) < 4.78 is 2.01. The molecule has 0 aliphatic carbocycles. The van der Waals surface area contributed by atoms with Crippen molar-refractivity contribution in [2.24, 2.45) is 5.73 Å². The molecule has 0 spiro atoms. The van der Waals surface area contributed by atoms with Crippen molar-refractivity contribution in [2.75, 3.05) is 0 Å². The number of benzene rings is 1. The Balaban J connectivity index is 1.99. The summed E-state index contributed by atoms with van der Waals surface area (Å²) in [5, 5.41) is 8.51. The lowest BCUT2D eigenvalue weighted by Crippen LogP contribution is -2.04. The summed E-state index contributed by atoms with van der Waals surface area (Å²) >= 11 is 0. The second-order valence-corrected chi connectivity index (χ2v) is 5.45. The summed E-state index contributed by atoms with van der Waals surface area (Å²) in [5.74, 6) is 0. The number of rotatable bonds is 9. The quantitative estimate of drug-likeness (QED) is 0.714. The van der Waals surface area contributed by atoms with Crippen LogP contribution in [0.15, 0.2) is 30.3 Å². The SMILES string of the molecule is CCCCCCCCn1nnc(CN)c1-c1ccccc1. The summed E-state index contributed by atoms with van der Waals surface area (Å²) in [6.07, 6.45) is 7.69. The number of aryl methyl sites for hydroxylation is 1. The standard InChI is InChI=1S/C17H26N4/c1-2-3-4-5-6-10-13-21-17(16(14-18)19-20-21)15-11-8-7-9-12-15/h7-9,11-12H,2-6,10,13-14,18H2,1H3. The van der Waals surface area contributed by atoms with E-state index in [1.54, 1.807) is 0 Å². The number of nitrogens with zero attached hydrogens (tertiary/aromatic N) is 3. The lowest BCUT2D eigenvalue weighted by Gasteiger charge is -2.08. The van der Waals surface area contributed by atoms with E-state index in [1.807, 2.05) is 22.9 Å². The minimum atomic E-state index is 0.431. The fraction of sp³-hybridized carbons (Fsp3) is 0.529. The van der Waals surface area contributed by atoms with E-state index in [-0.39, 0.29) is 0 Å². The third-order valence-electron chi connectivity index (χ3n) is 3.77. The molecule has 0 fully saturated rings. The van der Waals surface area contributed by atoms with Gasteiger partial charge in [-0.1, -0.05) is 74.6 Å². The van der Waals surface area contributed by atoms with E-state index in [0.717, 1.165) is 29.9 Å². The molecule has 0 saturated carbocycles. The molecule has 0 aliphatic rings. The molecule has 2 rings (SSSR count). The van der Waals surface area contributed by atoms with Gasteiger partial charge in [-0.2, -0.15) is 0 Å². The molecule has 114 valence electrons. The van der Waals surface area contributed by atoms with Crippen molar-refractivity contribution in [1.29, 1.82) is 0 Å². The van der Waals surface area contributed by atoms with E-state index in [2.05, 4.69) is 29.4 Å². The molecule has 4 heteroatoms. The fourth-order valence-corrected chi connectivity index (χ4v) is 2.60. The summed E-state index contributed by atoms with van der Waals surface area (Å²) in [6.45, 7) is 3.60. The molecule has 2 N–H and O–H groups in total. The number of hydrogen-bond donors (Lipinski definition) is 1. The second-order valence-electron chi connectivity index (χ2n) is 5.45. The minimum Gasteiger partial charge on any atom is -0.325 e. The topological polar surface area (TPSA) is 56.7 Å². The van der Waals surface area contributed by atoms with Crippen molar-refractivity contribution in [2.45, 2.75) is 58.5 Å². The van der Waals surface area contributed by atoms with Gasteiger partial charge >= 0.3 is 0 Å². The Morgan fingerprint density at radius 1 is 1.00 bits per heavy atom. The highest BCUT2D eigenvalue weighted by atomic mass is 15.4. The Bertz CT molecular complexity index is 519. The van der Waals surface area contributed by atoms with Gasteiger partial charge in [0.05, 0.1) is 5.69 Å². The first-order chi connectivity index (χ1) is 10.4. The highest BCUT2D eigenvalue weighted by Gasteiger charge is 2.13. The molecule has 0 radical (unpaired) electrons. The number of aromatic nitrogens is 3. The van der Waals surface area contributed by atoms with Gasteiger partial charge in [0.15, 0.2) is 0 Å². The number of unbranched alkanes of at least 4 members (excludes halogenated alkanes) is 5. The number of hydrogen-bond acceptors (Lipinski definition) is 3. The van der Waals surface area contributed by atoms with Crippen molar-refractivity contribution in [1.82, 2.24) is 15.0 Å². The van der Waals surface area contributed by atoms with Gasteiger partial charge in [-0.3, -0.25) is 0 Å². The molecule has 2 aromatic rings. The first kappa shape index (κ1) is 15.7. The predicted octanol–water partition coefficient (Wildman–Crippen LogP) is 3.76. The predicted molar refractivity (Wildman–Crippen MR) is 86.7 cm³/mol. The van der Waals surface area contributed by atoms with Gasteiger partial charge in [0.2, 0.25) is 0 Å². The van der Waals surface area contributed by atoms with Crippen LogP contribution in [0.2, 0.25) is 0 Å². The minimum absolute atomic E-state index is 0.431. The van der Waals surface area contributed by atoms with Gasteiger partial charge in [-0.25, -0.2) is 4.68 Å². The molecule has 0 atom stereocenters. The average molecular weight is 286 g/mol. The van der Waals surface area contributed by atoms with E-state index in [4.69, 9.17) is 5.73 Å². The van der Waals surface area contributed by atoms with Crippen LogP contribution in [-0.2, 0) is 13.1 Å². The Hall–Kier alpha value is -1.68. The third-order valence-corrected chi connectivity index (χ3v) is 3.77. The largest absolute Gasteiger partial charge is 0.325 e. The van der Waals surface area contributed by atoms with Crippen LogP contribution >= 0.6 is 0 Å². The smallest absolute Gasteiger partial charge is 0.104 e. The van der Waals surface area contributed by atoms with Crippen molar-refractivity contribution in [3.8, 4) is 11.3 Å². The maximum Gasteiger partial charge on any atom is 0.104 e. The Labute approximate surface area is 127 Å². The molecule has 0 bridgehead atoms. The third kappa shape index (κ3) is 4.39. The first-order valence-corrected chi connectivity index (χ1v) is 8.04. The molecular weight excluding hydrogens is 260 g/mol. The van der Waals surface area contributed by atoms with Gasteiger partial charge in [0.25, 0.3) is 0 Å². The monoisotopic (exact) mass is 286 g/mol. The molecule has 21 heavy (non-hydrogen) atoms. The zero-order valence-corrected chi connectivity index (χ0v) is 13.0. The lowest BCUT2D eigenvalue weighted by atomic mass is 10.1. The van der Waals surface area contributed by atoms with Crippen molar-refractivity contribution < 1.29 is 0 Å². The van der Waals surface area contributed by atoms with Crippen LogP contribution in [-0.4, -0.2) is 15.0 Å². The van der Waals surface area contributed by atoms with E-state index in [1.165, 1.54) is 32.1 Å². The molecule has 0 amide bonds. The zero-order valence-electron chi connectivity index (χ0n) is 13.0. The van der Waals surface area contributed by atoms with E-state index in [0.29, 0.717) is 6.54 Å². The molecular formula is C17H26N4. The van der Waals surface area contributed by atoms with Crippen LogP contribution in [0.3, 0.4) is 0 Å². The molecule has 4 nitrogen and oxygen atoms in total. The molecule has 1 aromatic heterocycles. The van der Waals surface area contributed by atoms with E-state index >= 15 is 0 Å². The van der Waals surface area contributed by atoms with Crippen LogP contribution in [0, 0.1) is 0 Å². The summed E-state index contributed by atoms with van der Waals surface area (Å²) in [7, 11) is 0. The highest BCUT2D eigenvalue weighted by molar-refractivity contribution is 5.61. The molecule has 1 aromatic carbocycles. The summed E-state index contributed by atoms with van der Waals surface area (Å²) in [4.78, 5) is 0. The van der Waals surface area contributed by atoms with E-state index in [9.17, 15) is 0 Å². The van der Waals surface area contributed by atoms with Crippen LogP contribution in [0.4, 0.5) is 0 Å². The fourth-order valence-electron chi connectivity index (χ4n) is 2.60. The summed E-state index contributed by atoms with van der Waals surface area (Å²) in [6, 6.07) is 10.3. The molecule has 1 heterocycles. The maximum atomic E-state index is 5.80. The zero-order chi connectivity index (χ0) is 14.9. The van der Waals surface area contributed by atoms with Gasteiger partial charge < -0.3 is 5.73 Å². The van der Waals surface area contributed by atoms with E-state index < -0.39 is 0 Å². The lowest BCUT2D eigenvalue weighted by molar-refractivity contribution is 0.519. The van der Waals surface area contributed by atoms with Crippen LogP contribution < -0.4 is 5.73 Å². The summed E-state index contributed by atoms with van der Waals surface area (Å²) in [5.41, 5.74) is 8.90. The molecule has 0 aliphatic heterocycles. The van der Waals surface area contributed by atoms with Crippen LogP contribution in [0.1, 0.15) is 51.1 Å². The Kier molecular flexibility index (Phi) is 6.41. The van der Waals surface area contributed by atoms with Gasteiger partial charge in [0.1, 0.15) is 5.69 Å². The molecule has 0 saturated heterocycles. The van der Waals surface area contributed by atoms with Gasteiger partial charge in [-0.15, -0.1) is 5.10 Å². The molecule has 0 unspecified atom stereocenters. The average Bonchev–Trinajstić information content (AvgIpc) is 2.94. The Morgan fingerprint density at radius 2 is 1.71 bits per heavy atom. The Morgan fingerprint density at radius 3 is 2.43 bits per heavy atom. The number of nitrogens with two attached hydrogens (primary N) is 1. The van der Waals surface area contributed by atoms with Gasteiger partial charge in [0, 0.05) is 18.7 Å². The van der Waals surface area contributed by atoms with Crippen LogP contribution in [0.5, 0.6) is 0 Å². The van der Waals surface area contributed by atoms with Crippen LogP contribution in [0.25, 0.3) is 11.3 Å². The van der Waals surface area contributed by atoms with Crippen molar-refractivity contribution in [3.63, 3.8) is 0 Å². The van der Waals surface area contributed by atoms with Gasteiger partial charge in [-0.05, 0) is 6.42 Å². The van der Waals surface area contributed by atoms with Crippen molar-refractivity contribution >= 4 is 0 Å². The maximum absolute atomic E-state index is 5.80. The second kappa shape index (κ2) is 8.57. The van der Waals surface area contributed by atoms with Crippen molar-refractivity contribution in [3.05, 3.63) is 36.0 Å². The first-order valence-electron chi connectivity index (χ1n) is 8.04. The highest BCUT2D eigenvalue weighted by Crippen LogP contribution is 2.22. The normalized spacial score (nSPS) is 11.0.